The van der Waals surface area contributed by atoms with Crippen LogP contribution < -0.4 is 0 Å². The normalized spacial score (nSPS) is 27.2. The Morgan fingerprint density at radius 3 is 2.71 bits per heavy atom. The lowest BCUT2D eigenvalue weighted by molar-refractivity contribution is -0.131. The molecular weight excluding hydrogens is 316 g/mol. The molecule has 2 atom stereocenters. The van der Waals surface area contributed by atoms with Gasteiger partial charge in [-0.05, 0) is 47.3 Å². The number of thiophene rings is 1. The number of fused-ring (bicyclic) bond motifs is 1. The van der Waals surface area contributed by atoms with Crippen LogP contribution in [0.3, 0.4) is 0 Å². The Bertz CT molecular complexity index is 700. The van der Waals surface area contributed by atoms with Gasteiger partial charge in [-0.25, -0.2) is 0 Å². The van der Waals surface area contributed by atoms with Crippen molar-refractivity contribution in [2.75, 3.05) is 19.6 Å². The molecule has 0 saturated carbocycles. The Labute approximate surface area is 147 Å². The molecule has 3 nitrogen and oxygen atoms in total. The summed E-state index contributed by atoms with van der Waals surface area (Å²) in [6.45, 7) is 5.69. The topological polar surface area (TPSA) is 23.6 Å². The van der Waals surface area contributed by atoms with Gasteiger partial charge < -0.3 is 4.90 Å². The first-order valence-electron chi connectivity index (χ1n) is 8.75. The van der Waals surface area contributed by atoms with Gasteiger partial charge in [0, 0.05) is 32.0 Å². The second-order valence-electron chi connectivity index (χ2n) is 7.12. The number of carbonyl (C=O) groups is 1. The van der Waals surface area contributed by atoms with E-state index in [1.807, 2.05) is 0 Å². The van der Waals surface area contributed by atoms with Gasteiger partial charge in [-0.15, -0.1) is 0 Å². The fraction of sp³-hybridized carbons (Fsp3) is 0.450. The molecule has 0 spiro atoms. The van der Waals surface area contributed by atoms with Crippen molar-refractivity contribution in [3.05, 3.63) is 58.3 Å². The van der Waals surface area contributed by atoms with Crippen molar-refractivity contribution in [2.45, 2.75) is 37.8 Å². The van der Waals surface area contributed by atoms with Crippen molar-refractivity contribution in [3.8, 4) is 0 Å². The average Bonchev–Trinajstić information content (AvgIpc) is 3.23. The van der Waals surface area contributed by atoms with E-state index < -0.39 is 0 Å². The van der Waals surface area contributed by atoms with Crippen LogP contribution in [0.25, 0.3) is 0 Å². The molecular formula is C20H24N2OS. The Hall–Kier alpha value is -1.65. The SMILES string of the molecule is CC(=O)N1CC[C@@]2(c3ccccc3)CCN(Cc3ccsc3)C[C@@H]12. The Balaban J connectivity index is 1.62. The number of likely N-dealkylation sites (tertiary alicyclic amines) is 2. The zero-order chi connectivity index (χ0) is 16.6. The predicted octanol–water partition coefficient (Wildman–Crippen LogP) is 3.51. The molecule has 0 bridgehead atoms. The molecule has 1 aromatic carbocycles. The van der Waals surface area contributed by atoms with Crippen LogP contribution in [0.2, 0.25) is 0 Å². The van der Waals surface area contributed by atoms with Crippen molar-refractivity contribution in [3.63, 3.8) is 0 Å². The van der Waals surface area contributed by atoms with Gasteiger partial charge in [0.2, 0.25) is 5.91 Å². The van der Waals surface area contributed by atoms with Gasteiger partial charge in [-0.1, -0.05) is 30.3 Å². The quantitative estimate of drug-likeness (QED) is 0.854. The summed E-state index contributed by atoms with van der Waals surface area (Å²) in [5.41, 5.74) is 2.94. The number of amides is 1. The molecule has 1 aromatic heterocycles. The number of benzene rings is 1. The van der Waals surface area contributed by atoms with Crippen LogP contribution in [0.1, 0.15) is 30.9 Å². The molecule has 2 aliphatic rings. The van der Waals surface area contributed by atoms with Crippen molar-refractivity contribution >= 4 is 17.2 Å². The van der Waals surface area contributed by atoms with Gasteiger partial charge in [0.1, 0.15) is 0 Å². The van der Waals surface area contributed by atoms with E-state index in [0.29, 0.717) is 6.04 Å². The Kier molecular flexibility index (Phi) is 4.19. The predicted molar refractivity (Wildman–Crippen MR) is 98.1 cm³/mol. The molecule has 3 heterocycles. The second-order valence-corrected chi connectivity index (χ2v) is 7.90. The first kappa shape index (κ1) is 15.9. The molecule has 0 aliphatic carbocycles. The number of nitrogens with zero attached hydrogens (tertiary/aromatic N) is 2. The molecule has 2 saturated heterocycles. The van der Waals surface area contributed by atoms with Crippen molar-refractivity contribution in [2.24, 2.45) is 0 Å². The highest BCUT2D eigenvalue weighted by Gasteiger charge is 2.51. The van der Waals surface area contributed by atoms with Crippen LogP contribution in [-0.2, 0) is 16.8 Å². The lowest BCUT2D eigenvalue weighted by atomic mass is 9.69. The minimum absolute atomic E-state index is 0.137. The third-order valence-corrected chi connectivity index (χ3v) is 6.59. The number of piperidine rings is 1. The van der Waals surface area contributed by atoms with Gasteiger partial charge in [0.15, 0.2) is 0 Å². The minimum atomic E-state index is 0.137. The monoisotopic (exact) mass is 340 g/mol. The summed E-state index contributed by atoms with van der Waals surface area (Å²) >= 11 is 1.76. The van der Waals surface area contributed by atoms with E-state index >= 15 is 0 Å². The van der Waals surface area contributed by atoms with E-state index in [0.717, 1.165) is 39.0 Å². The van der Waals surface area contributed by atoms with E-state index in [1.165, 1.54) is 11.1 Å². The summed E-state index contributed by atoms with van der Waals surface area (Å²) in [4.78, 5) is 16.8. The number of hydrogen-bond acceptors (Lipinski definition) is 3. The molecule has 2 aromatic rings. The number of hydrogen-bond donors (Lipinski definition) is 0. The lowest BCUT2D eigenvalue weighted by Crippen LogP contribution is -2.56. The summed E-state index contributed by atoms with van der Waals surface area (Å²) in [5.74, 6) is 0.218. The van der Waals surface area contributed by atoms with Gasteiger partial charge in [0.25, 0.3) is 0 Å². The van der Waals surface area contributed by atoms with Gasteiger partial charge >= 0.3 is 0 Å². The van der Waals surface area contributed by atoms with E-state index in [1.54, 1.807) is 18.3 Å². The molecule has 0 radical (unpaired) electrons. The van der Waals surface area contributed by atoms with Crippen LogP contribution in [0.4, 0.5) is 0 Å². The number of rotatable bonds is 3. The Morgan fingerprint density at radius 2 is 2.00 bits per heavy atom. The van der Waals surface area contributed by atoms with Crippen molar-refractivity contribution < 1.29 is 4.79 Å². The number of carbonyl (C=O) groups excluding carboxylic acids is 1. The summed E-state index contributed by atoms with van der Waals surface area (Å²) < 4.78 is 0. The summed E-state index contributed by atoms with van der Waals surface area (Å²) in [6.07, 6.45) is 2.23. The molecule has 4 heteroatoms. The molecule has 0 N–H and O–H groups in total. The van der Waals surface area contributed by atoms with E-state index in [2.05, 4.69) is 57.0 Å². The van der Waals surface area contributed by atoms with E-state index in [9.17, 15) is 4.79 Å². The Morgan fingerprint density at radius 1 is 1.21 bits per heavy atom. The largest absolute Gasteiger partial charge is 0.338 e. The minimum Gasteiger partial charge on any atom is -0.338 e. The van der Waals surface area contributed by atoms with Gasteiger partial charge in [-0.3, -0.25) is 9.69 Å². The standard InChI is InChI=1S/C20H24N2OS/c1-16(23)22-11-9-20(18-5-3-2-4-6-18)8-10-21(14-19(20)22)13-17-7-12-24-15-17/h2-7,12,15,19H,8-11,13-14H2,1H3/t19-,20-/m1/s1. The molecule has 2 aliphatic heterocycles. The van der Waals surface area contributed by atoms with Gasteiger partial charge in [0.05, 0.1) is 6.04 Å². The zero-order valence-corrected chi connectivity index (χ0v) is 15.0. The fourth-order valence-corrected chi connectivity index (χ4v) is 5.27. The highest BCUT2D eigenvalue weighted by molar-refractivity contribution is 7.07. The van der Waals surface area contributed by atoms with Gasteiger partial charge in [-0.2, -0.15) is 11.3 Å². The maximum atomic E-state index is 12.2. The van der Waals surface area contributed by atoms with Crippen molar-refractivity contribution in [1.29, 1.82) is 0 Å². The zero-order valence-electron chi connectivity index (χ0n) is 14.1. The van der Waals surface area contributed by atoms with Crippen molar-refractivity contribution in [1.82, 2.24) is 9.80 Å². The van der Waals surface area contributed by atoms with E-state index in [-0.39, 0.29) is 11.3 Å². The summed E-state index contributed by atoms with van der Waals surface area (Å²) in [7, 11) is 0. The first-order valence-corrected chi connectivity index (χ1v) is 9.69. The maximum Gasteiger partial charge on any atom is 0.219 e. The van der Waals surface area contributed by atoms with Crippen LogP contribution in [0.5, 0.6) is 0 Å². The molecule has 2 fully saturated rings. The molecule has 126 valence electrons. The highest BCUT2D eigenvalue weighted by Crippen LogP contribution is 2.46. The third-order valence-electron chi connectivity index (χ3n) is 5.86. The van der Waals surface area contributed by atoms with Crippen LogP contribution in [0.15, 0.2) is 47.2 Å². The van der Waals surface area contributed by atoms with E-state index in [4.69, 9.17) is 0 Å². The average molecular weight is 340 g/mol. The van der Waals surface area contributed by atoms with Crippen LogP contribution in [0, 0.1) is 0 Å². The molecule has 0 unspecified atom stereocenters. The highest BCUT2D eigenvalue weighted by atomic mass is 32.1. The second kappa shape index (κ2) is 6.34. The lowest BCUT2D eigenvalue weighted by Gasteiger charge is -2.46. The third kappa shape index (κ3) is 2.68. The maximum absolute atomic E-state index is 12.2. The van der Waals surface area contributed by atoms with Crippen LogP contribution in [-0.4, -0.2) is 41.4 Å². The smallest absolute Gasteiger partial charge is 0.219 e. The summed E-state index contributed by atoms with van der Waals surface area (Å²) in [5, 5.41) is 4.38. The van der Waals surface area contributed by atoms with Crippen LogP contribution >= 0.6 is 11.3 Å². The fourth-order valence-electron chi connectivity index (χ4n) is 4.61. The summed E-state index contributed by atoms with van der Waals surface area (Å²) in [6, 6.07) is 13.4. The first-order chi connectivity index (χ1) is 11.7. The molecule has 1 amide bonds. The molecule has 24 heavy (non-hydrogen) atoms. The molecule has 4 rings (SSSR count).